The van der Waals surface area contributed by atoms with Crippen molar-refractivity contribution in [3.05, 3.63) is 51.5 Å². The lowest BCUT2D eigenvalue weighted by molar-refractivity contribution is -0.141. The molecule has 1 unspecified atom stereocenters. The first-order valence-electron chi connectivity index (χ1n) is 5.73. The van der Waals surface area contributed by atoms with Crippen molar-refractivity contribution >= 4 is 17.3 Å². The van der Waals surface area contributed by atoms with Crippen molar-refractivity contribution in [1.82, 2.24) is 4.98 Å². The summed E-state index contributed by atoms with van der Waals surface area (Å²) < 4.78 is 43.7. The van der Waals surface area contributed by atoms with Gasteiger partial charge in [-0.2, -0.15) is 13.2 Å². The van der Waals surface area contributed by atoms with Gasteiger partial charge in [0.15, 0.2) is 5.69 Å². The zero-order valence-electron chi connectivity index (χ0n) is 10.7. The molecule has 4 nitrogen and oxygen atoms in total. The van der Waals surface area contributed by atoms with Crippen molar-refractivity contribution in [2.24, 2.45) is 0 Å². The number of carboxylic acid groups (broad SMARTS) is 1. The van der Waals surface area contributed by atoms with Crippen LogP contribution in [0.2, 0.25) is 0 Å². The predicted octanol–water partition coefficient (Wildman–Crippen LogP) is 3.60. The summed E-state index contributed by atoms with van der Waals surface area (Å²) in [5.41, 5.74) is -0.799. The second-order valence-corrected chi connectivity index (χ2v) is 5.09. The summed E-state index contributed by atoms with van der Waals surface area (Å²) >= 11 is 0.466. The Morgan fingerprint density at radius 3 is 2.38 bits per heavy atom. The number of hydrogen-bond acceptors (Lipinski definition) is 4. The number of aromatic nitrogens is 1. The third-order valence-electron chi connectivity index (χ3n) is 2.67. The second kappa shape index (κ2) is 5.82. The SMILES string of the molecule is COC(c1ccccc1)c1nc(C(F)(F)F)c(C(=O)O)s1. The Morgan fingerprint density at radius 2 is 1.95 bits per heavy atom. The largest absolute Gasteiger partial charge is 0.477 e. The molecule has 0 saturated carbocycles. The Balaban J connectivity index is 2.51. The number of hydrogen-bond donors (Lipinski definition) is 1. The molecule has 8 heteroatoms. The molecule has 112 valence electrons. The number of ether oxygens (including phenoxy) is 1. The molecule has 1 atom stereocenters. The fourth-order valence-electron chi connectivity index (χ4n) is 1.79. The zero-order chi connectivity index (χ0) is 15.6. The summed E-state index contributed by atoms with van der Waals surface area (Å²) in [6.45, 7) is 0. The Morgan fingerprint density at radius 1 is 1.33 bits per heavy atom. The Bertz CT molecular complexity index is 640. The van der Waals surface area contributed by atoms with Crippen molar-refractivity contribution in [2.75, 3.05) is 7.11 Å². The summed E-state index contributed by atoms with van der Waals surface area (Å²) in [6.07, 6.45) is -5.66. The van der Waals surface area contributed by atoms with E-state index in [2.05, 4.69) is 4.98 Å². The molecule has 0 aliphatic heterocycles. The highest BCUT2D eigenvalue weighted by molar-refractivity contribution is 7.13. The maximum atomic E-state index is 12.8. The average Bonchev–Trinajstić information content (AvgIpc) is 2.86. The molecular formula is C13H10F3NO3S. The molecule has 0 saturated heterocycles. The molecule has 1 aromatic heterocycles. The van der Waals surface area contributed by atoms with E-state index in [-0.39, 0.29) is 5.01 Å². The minimum Gasteiger partial charge on any atom is -0.477 e. The maximum absolute atomic E-state index is 12.8. The first-order chi connectivity index (χ1) is 9.84. The van der Waals surface area contributed by atoms with E-state index in [1.165, 1.54) is 7.11 Å². The van der Waals surface area contributed by atoms with E-state index in [4.69, 9.17) is 9.84 Å². The van der Waals surface area contributed by atoms with Gasteiger partial charge in [-0.25, -0.2) is 9.78 Å². The molecule has 0 radical (unpaired) electrons. The lowest BCUT2D eigenvalue weighted by atomic mass is 10.1. The number of nitrogens with zero attached hydrogens (tertiary/aromatic N) is 1. The predicted molar refractivity (Wildman–Crippen MR) is 69.4 cm³/mol. The fourth-order valence-corrected chi connectivity index (χ4v) is 2.82. The highest BCUT2D eigenvalue weighted by Gasteiger charge is 2.40. The molecule has 1 heterocycles. The van der Waals surface area contributed by atoms with Gasteiger partial charge in [-0.15, -0.1) is 11.3 Å². The van der Waals surface area contributed by atoms with Gasteiger partial charge in [-0.05, 0) is 5.56 Å². The van der Waals surface area contributed by atoms with Crippen LogP contribution in [0.25, 0.3) is 0 Å². The summed E-state index contributed by atoms with van der Waals surface area (Å²) in [6, 6.07) is 8.50. The second-order valence-electron chi connectivity index (χ2n) is 4.06. The third kappa shape index (κ3) is 3.22. The number of rotatable bonds is 4. The summed E-state index contributed by atoms with van der Waals surface area (Å²) in [4.78, 5) is 13.6. The number of benzene rings is 1. The van der Waals surface area contributed by atoms with Crippen LogP contribution < -0.4 is 0 Å². The molecule has 0 aliphatic carbocycles. The zero-order valence-corrected chi connectivity index (χ0v) is 11.5. The molecular weight excluding hydrogens is 307 g/mol. The molecule has 0 amide bonds. The molecule has 0 fully saturated rings. The molecule has 0 bridgehead atoms. The van der Waals surface area contributed by atoms with Gasteiger partial charge < -0.3 is 9.84 Å². The van der Waals surface area contributed by atoms with E-state index < -0.39 is 28.8 Å². The number of thiazole rings is 1. The lowest BCUT2D eigenvalue weighted by Gasteiger charge is -2.12. The molecule has 2 rings (SSSR count). The Hall–Kier alpha value is -1.93. The minimum absolute atomic E-state index is 0.0478. The number of methoxy groups -OCH3 is 1. The molecule has 2 aromatic rings. The number of carboxylic acids is 1. The van der Waals surface area contributed by atoms with Crippen LogP contribution in [0.3, 0.4) is 0 Å². The van der Waals surface area contributed by atoms with E-state index >= 15 is 0 Å². The smallest absolute Gasteiger partial charge is 0.435 e. The third-order valence-corrected chi connectivity index (χ3v) is 3.76. The highest BCUT2D eigenvalue weighted by atomic mass is 32.1. The molecule has 21 heavy (non-hydrogen) atoms. The number of aromatic carboxylic acids is 1. The molecule has 1 aromatic carbocycles. The van der Waals surface area contributed by atoms with Crippen LogP contribution in [0.4, 0.5) is 13.2 Å². The van der Waals surface area contributed by atoms with Gasteiger partial charge in [0.05, 0.1) is 0 Å². The summed E-state index contributed by atoms with van der Waals surface area (Å²) in [7, 11) is 1.33. The van der Waals surface area contributed by atoms with Crippen LogP contribution in [-0.4, -0.2) is 23.2 Å². The quantitative estimate of drug-likeness (QED) is 0.936. The van der Waals surface area contributed by atoms with Crippen LogP contribution in [0.15, 0.2) is 30.3 Å². The molecule has 0 aliphatic rings. The monoisotopic (exact) mass is 317 g/mol. The standard InChI is InChI=1S/C13H10F3NO3S/c1-20-8(7-5-3-2-4-6-7)11-17-10(13(14,15)16)9(21-11)12(18)19/h2-6,8H,1H3,(H,18,19). The van der Waals surface area contributed by atoms with Gasteiger partial charge in [0.25, 0.3) is 0 Å². The van der Waals surface area contributed by atoms with Crippen LogP contribution in [0.5, 0.6) is 0 Å². The Kier molecular flexibility index (Phi) is 4.29. The average molecular weight is 317 g/mol. The van der Waals surface area contributed by atoms with Gasteiger partial charge in [0, 0.05) is 7.11 Å². The van der Waals surface area contributed by atoms with Crippen molar-refractivity contribution in [2.45, 2.75) is 12.3 Å². The van der Waals surface area contributed by atoms with Crippen LogP contribution >= 0.6 is 11.3 Å². The van der Waals surface area contributed by atoms with Gasteiger partial charge in [0.2, 0.25) is 0 Å². The van der Waals surface area contributed by atoms with Crippen LogP contribution in [-0.2, 0) is 10.9 Å². The number of alkyl halides is 3. The van der Waals surface area contributed by atoms with Gasteiger partial charge in [-0.3, -0.25) is 0 Å². The van der Waals surface area contributed by atoms with E-state index in [0.717, 1.165) is 0 Å². The van der Waals surface area contributed by atoms with Crippen molar-refractivity contribution < 1.29 is 27.8 Å². The topological polar surface area (TPSA) is 59.4 Å². The highest BCUT2D eigenvalue weighted by Crippen LogP contribution is 2.38. The first kappa shape index (κ1) is 15.5. The maximum Gasteiger partial charge on any atom is 0.435 e. The Labute approximate surface area is 121 Å². The van der Waals surface area contributed by atoms with E-state index in [9.17, 15) is 18.0 Å². The number of halogens is 3. The van der Waals surface area contributed by atoms with E-state index in [0.29, 0.717) is 16.9 Å². The van der Waals surface area contributed by atoms with Crippen molar-refractivity contribution in [3.8, 4) is 0 Å². The van der Waals surface area contributed by atoms with Gasteiger partial charge >= 0.3 is 12.1 Å². The van der Waals surface area contributed by atoms with E-state index in [1.54, 1.807) is 30.3 Å². The first-order valence-corrected chi connectivity index (χ1v) is 6.55. The normalized spacial score (nSPS) is 13.1. The van der Waals surface area contributed by atoms with Gasteiger partial charge in [-0.1, -0.05) is 30.3 Å². The van der Waals surface area contributed by atoms with Crippen LogP contribution in [0.1, 0.15) is 32.0 Å². The molecule has 0 spiro atoms. The fraction of sp³-hybridized carbons (Fsp3) is 0.231. The van der Waals surface area contributed by atoms with E-state index in [1.807, 2.05) is 0 Å². The van der Waals surface area contributed by atoms with Gasteiger partial charge in [0.1, 0.15) is 16.0 Å². The molecule has 1 N–H and O–H groups in total. The summed E-state index contributed by atoms with van der Waals surface area (Å²) in [5, 5.41) is 8.85. The minimum atomic E-state index is -4.82. The van der Waals surface area contributed by atoms with Crippen molar-refractivity contribution in [3.63, 3.8) is 0 Å². The summed E-state index contributed by atoms with van der Waals surface area (Å²) in [5.74, 6) is -1.66. The lowest BCUT2D eigenvalue weighted by Crippen LogP contribution is -2.12. The number of carbonyl (C=O) groups is 1. The van der Waals surface area contributed by atoms with Crippen molar-refractivity contribution in [1.29, 1.82) is 0 Å². The van der Waals surface area contributed by atoms with Crippen LogP contribution in [0, 0.1) is 0 Å².